The van der Waals surface area contributed by atoms with Crippen molar-refractivity contribution in [1.29, 1.82) is 0 Å². The largest absolute Gasteiger partial charge is 0.378 e. The van der Waals surface area contributed by atoms with E-state index >= 15 is 0 Å². The van der Waals surface area contributed by atoms with E-state index in [0.29, 0.717) is 5.92 Å². The van der Waals surface area contributed by atoms with Crippen molar-refractivity contribution < 1.29 is 4.74 Å². The lowest BCUT2D eigenvalue weighted by molar-refractivity contribution is -0.109. The first kappa shape index (κ1) is 17.8. The summed E-state index contributed by atoms with van der Waals surface area (Å²) in [4.78, 5) is 0. The lowest BCUT2D eigenvalue weighted by atomic mass is 9.58. The molecule has 2 aliphatic carbocycles. The predicted octanol–water partition coefficient (Wildman–Crippen LogP) is 6.16. The van der Waals surface area contributed by atoms with E-state index in [1.165, 1.54) is 44.1 Å². The van der Waals surface area contributed by atoms with Crippen molar-refractivity contribution in [3.63, 3.8) is 0 Å². The first-order valence-electron chi connectivity index (χ1n) is 9.23. The number of fused-ring (bicyclic) bond motifs is 1. The molecule has 2 aliphatic rings. The van der Waals surface area contributed by atoms with Crippen LogP contribution in [-0.2, 0) is 4.74 Å². The molecule has 1 fully saturated rings. The molecular weight excluding hydrogens is 268 g/mol. The van der Waals surface area contributed by atoms with E-state index in [2.05, 4.69) is 46.8 Å². The zero-order chi connectivity index (χ0) is 16.3. The molecule has 0 amide bonds. The molecule has 1 saturated carbocycles. The van der Waals surface area contributed by atoms with Gasteiger partial charge in [-0.1, -0.05) is 30.2 Å². The highest BCUT2D eigenvalue weighted by Crippen LogP contribution is 2.51. The molecule has 22 heavy (non-hydrogen) atoms. The second-order valence-electron chi connectivity index (χ2n) is 8.29. The number of allylic oxidation sites excluding steroid dienone is 4. The van der Waals surface area contributed by atoms with Gasteiger partial charge in [0.05, 0.1) is 5.60 Å². The normalized spacial score (nSPS) is 36.3. The maximum absolute atomic E-state index is 5.99. The van der Waals surface area contributed by atoms with Gasteiger partial charge >= 0.3 is 0 Å². The Kier molecular flexibility index (Phi) is 5.94. The molecule has 1 nitrogen and oxygen atoms in total. The van der Waals surface area contributed by atoms with Gasteiger partial charge in [0.1, 0.15) is 0 Å². The fraction of sp³-hybridized carbons (Fsp3) is 0.810. The fourth-order valence-electron chi connectivity index (χ4n) is 4.84. The monoisotopic (exact) mass is 304 g/mol. The Hall–Kier alpha value is -0.560. The van der Waals surface area contributed by atoms with Crippen LogP contribution in [0.3, 0.4) is 0 Å². The van der Waals surface area contributed by atoms with Crippen LogP contribution in [0.5, 0.6) is 0 Å². The fourth-order valence-corrected chi connectivity index (χ4v) is 4.84. The summed E-state index contributed by atoms with van der Waals surface area (Å²) in [5.41, 5.74) is 3.15. The molecule has 0 aromatic carbocycles. The summed E-state index contributed by atoms with van der Waals surface area (Å²) in [6.45, 7) is 11.6. The third-order valence-corrected chi connectivity index (χ3v) is 6.42. The molecule has 5 atom stereocenters. The van der Waals surface area contributed by atoms with E-state index in [9.17, 15) is 0 Å². The molecule has 0 aliphatic heterocycles. The Labute approximate surface area is 138 Å². The predicted molar refractivity (Wildman–Crippen MR) is 95.9 cm³/mol. The smallest absolute Gasteiger partial charge is 0.0684 e. The molecule has 0 heterocycles. The quantitative estimate of drug-likeness (QED) is 0.553. The second-order valence-corrected chi connectivity index (χ2v) is 8.29. The van der Waals surface area contributed by atoms with Crippen molar-refractivity contribution in [2.45, 2.75) is 78.7 Å². The molecule has 0 N–H and O–H groups in total. The number of ether oxygens (including phenoxy) is 1. The molecule has 0 aromatic heterocycles. The van der Waals surface area contributed by atoms with E-state index in [4.69, 9.17) is 4.74 Å². The topological polar surface area (TPSA) is 9.23 Å². The highest BCUT2D eigenvalue weighted by Gasteiger charge is 2.47. The van der Waals surface area contributed by atoms with Gasteiger partial charge in [-0.05, 0) is 89.9 Å². The van der Waals surface area contributed by atoms with Crippen LogP contribution in [-0.4, -0.2) is 12.7 Å². The maximum Gasteiger partial charge on any atom is 0.0684 e. The molecular formula is C21H36O. The van der Waals surface area contributed by atoms with Crippen molar-refractivity contribution in [2.75, 3.05) is 7.11 Å². The Morgan fingerprint density at radius 1 is 1.41 bits per heavy atom. The standard InChI is InChI=1S/C21H36O/c1-15(2)8-7-9-17(4)18-12-13-21(5,22-6)20-11-10-16(3)14-19(18)20/h8,14,17-20H,7,9-13H2,1-6H3/t17-,18+,19+,20-,21-/m1/s1. The van der Waals surface area contributed by atoms with Crippen LogP contribution in [0.4, 0.5) is 0 Å². The molecule has 0 aromatic rings. The summed E-state index contributed by atoms with van der Waals surface area (Å²) in [5.74, 6) is 3.10. The summed E-state index contributed by atoms with van der Waals surface area (Å²) in [7, 11) is 1.92. The molecule has 2 rings (SSSR count). The third kappa shape index (κ3) is 3.85. The van der Waals surface area contributed by atoms with Gasteiger partial charge < -0.3 is 4.74 Å². The van der Waals surface area contributed by atoms with Crippen LogP contribution in [0.1, 0.15) is 73.1 Å². The third-order valence-electron chi connectivity index (χ3n) is 6.42. The van der Waals surface area contributed by atoms with Crippen LogP contribution in [0, 0.1) is 23.7 Å². The molecule has 0 unspecified atom stereocenters. The minimum atomic E-state index is 0.0952. The van der Waals surface area contributed by atoms with Crippen molar-refractivity contribution in [1.82, 2.24) is 0 Å². The molecule has 126 valence electrons. The summed E-state index contributed by atoms with van der Waals surface area (Å²) in [6.07, 6.45) is 12.7. The van der Waals surface area contributed by atoms with Crippen molar-refractivity contribution in [2.24, 2.45) is 23.7 Å². The van der Waals surface area contributed by atoms with Crippen molar-refractivity contribution >= 4 is 0 Å². The van der Waals surface area contributed by atoms with Gasteiger partial charge in [-0.25, -0.2) is 0 Å². The van der Waals surface area contributed by atoms with E-state index < -0.39 is 0 Å². The van der Waals surface area contributed by atoms with Gasteiger partial charge in [-0.3, -0.25) is 0 Å². The molecule has 0 radical (unpaired) electrons. The first-order chi connectivity index (χ1) is 10.4. The SMILES string of the molecule is CO[C@]1(C)CC[C@@H]([C@H](C)CCC=C(C)C)[C@@H]2C=C(C)CC[C@H]21. The van der Waals surface area contributed by atoms with Crippen molar-refractivity contribution in [3.05, 3.63) is 23.3 Å². The summed E-state index contributed by atoms with van der Waals surface area (Å²) in [6, 6.07) is 0. The minimum Gasteiger partial charge on any atom is -0.378 e. The van der Waals surface area contributed by atoms with Gasteiger partial charge in [0.2, 0.25) is 0 Å². The van der Waals surface area contributed by atoms with E-state index in [1.807, 2.05) is 7.11 Å². The summed E-state index contributed by atoms with van der Waals surface area (Å²) >= 11 is 0. The summed E-state index contributed by atoms with van der Waals surface area (Å²) in [5, 5.41) is 0. The average molecular weight is 305 g/mol. The van der Waals surface area contributed by atoms with E-state index in [-0.39, 0.29) is 5.60 Å². The van der Waals surface area contributed by atoms with Crippen molar-refractivity contribution in [3.8, 4) is 0 Å². The number of rotatable bonds is 5. The van der Waals surface area contributed by atoms with Gasteiger partial charge in [0, 0.05) is 7.11 Å². The summed E-state index contributed by atoms with van der Waals surface area (Å²) < 4.78 is 5.99. The Morgan fingerprint density at radius 2 is 2.14 bits per heavy atom. The zero-order valence-corrected chi connectivity index (χ0v) is 15.6. The van der Waals surface area contributed by atoms with E-state index in [1.54, 1.807) is 5.57 Å². The van der Waals surface area contributed by atoms with Gasteiger partial charge in [-0.15, -0.1) is 0 Å². The van der Waals surface area contributed by atoms with Gasteiger partial charge in [0.15, 0.2) is 0 Å². The molecule has 0 bridgehead atoms. The van der Waals surface area contributed by atoms with Crippen LogP contribution < -0.4 is 0 Å². The average Bonchev–Trinajstić information content (AvgIpc) is 2.46. The Bertz CT molecular complexity index is 429. The second kappa shape index (κ2) is 7.34. The van der Waals surface area contributed by atoms with Crippen LogP contribution >= 0.6 is 0 Å². The molecule has 0 saturated heterocycles. The van der Waals surface area contributed by atoms with Crippen LogP contribution in [0.15, 0.2) is 23.3 Å². The lowest BCUT2D eigenvalue weighted by Crippen LogP contribution is -2.49. The van der Waals surface area contributed by atoms with E-state index in [0.717, 1.165) is 17.8 Å². The number of methoxy groups -OCH3 is 1. The Balaban J connectivity index is 2.11. The minimum absolute atomic E-state index is 0.0952. The van der Waals surface area contributed by atoms with Crippen LogP contribution in [0.2, 0.25) is 0 Å². The lowest BCUT2D eigenvalue weighted by Gasteiger charge is -2.51. The van der Waals surface area contributed by atoms with Gasteiger partial charge in [0.25, 0.3) is 0 Å². The van der Waals surface area contributed by atoms with Crippen LogP contribution in [0.25, 0.3) is 0 Å². The number of hydrogen-bond acceptors (Lipinski definition) is 1. The molecule has 1 heteroatoms. The highest BCUT2D eigenvalue weighted by atomic mass is 16.5. The first-order valence-corrected chi connectivity index (χ1v) is 9.23. The highest BCUT2D eigenvalue weighted by molar-refractivity contribution is 5.14. The Morgan fingerprint density at radius 3 is 2.77 bits per heavy atom. The number of hydrogen-bond donors (Lipinski definition) is 0. The van der Waals surface area contributed by atoms with Gasteiger partial charge in [-0.2, -0.15) is 0 Å². The zero-order valence-electron chi connectivity index (χ0n) is 15.6. The molecule has 0 spiro atoms. The maximum atomic E-state index is 5.99.